The van der Waals surface area contributed by atoms with Crippen LogP contribution in [0, 0.1) is 5.92 Å². The summed E-state index contributed by atoms with van der Waals surface area (Å²) < 4.78 is 0. The van der Waals surface area contributed by atoms with Gasteiger partial charge in [0.1, 0.15) is 0 Å². The first-order valence-electron chi connectivity index (χ1n) is 6.96. The molecule has 3 heteroatoms. The first-order valence-corrected chi connectivity index (χ1v) is 6.96. The molecule has 2 aliphatic heterocycles. The molecule has 0 aromatic heterocycles. The van der Waals surface area contributed by atoms with E-state index in [1.807, 2.05) is 0 Å². The van der Waals surface area contributed by atoms with Gasteiger partial charge in [0.2, 0.25) is 0 Å². The van der Waals surface area contributed by atoms with E-state index < -0.39 is 0 Å². The van der Waals surface area contributed by atoms with Crippen molar-refractivity contribution in [3.05, 3.63) is 35.9 Å². The van der Waals surface area contributed by atoms with Crippen LogP contribution in [0.4, 0.5) is 0 Å². The van der Waals surface area contributed by atoms with Crippen molar-refractivity contribution >= 4 is 0 Å². The Hall–Kier alpha value is -0.900. The average molecular weight is 246 g/mol. The number of benzene rings is 1. The van der Waals surface area contributed by atoms with Crippen LogP contribution in [0.2, 0.25) is 0 Å². The van der Waals surface area contributed by atoms with Gasteiger partial charge in [0, 0.05) is 38.8 Å². The fourth-order valence-corrected chi connectivity index (χ4v) is 3.09. The molecule has 98 valence electrons. The molecule has 0 bridgehead atoms. The number of rotatable bonds is 4. The highest BCUT2D eigenvalue weighted by Crippen LogP contribution is 2.24. The minimum absolute atomic E-state index is 0.358. The number of hydrogen-bond donors (Lipinski definition) is 1. The standard InChI is InChI=1S/C15H22N2O/c18-12-14-6-7-17(9-14)15-10-16(11-15)8-13-4-2-1-3-5-13/h1-5,14-15,18H,6-12H2. The van der Waals surface area contributed by atoms with Crippen molar-refractivity contribution < 1.29 is 5.11 Å². The van der Waals surface area contributed by atoms with Crippen molar-refractivity contribution in [2.75, 3.05) is 32.8 Å². The van der Waals surface area contributed by atoms with E-state index in [1.54, 1.807) is 0 Å². The molecule has 3 rings (SSSR count). The van der Waals surface area contributed by atoms with Crippen molar-refractivity contribution in [3.63, 3.8) is 0 Å². The predicted molar refractivity (Wildman–Crippen MR) is 72.3 cm³/mol. The monoisotopic (exact) mass is 246 g/mol. The summed E-state index contributed by atoms with van der Waals surface area (Å²) >= 11 is 0. The highest BCUT2D eigenvalue weighted by molar-refractivity contribution is 5.15. The van der Waals surface area contributed by atoms with Crippen LogP contribution in [0.25, 0.3) is 0 Å². The van der Waals surface area contributed by atoms with Gasteiger partial charge in [0.05, 0.1) is 0 Å². The molecule has 1 atom stereocenters. The maximum atomic E-state index is 9.17. The zero-order chi connectivity index (χ0) is 12.4. The molecule has 0 amide bonds. The van der Waals surface area contributed by atoms with Crippen LogP contribution in [-0.4, -0.2) is 53.7 Å². The van der Waals surface area contributed by atoms with Crippen molar-refractivity contribution in [2.45, 2.75) is 19.0 Å². The van der Waals surface area contributed by atoms with Crippen LogP contribution < -0.4 is 0 Å². The van der Waals surface area contributed by atoms with Gasteiger partial charge in [0.15, 0.2) is 0 Å². The SMILES string of the molecule is OCC1CCN(C2CN(Cc3ccccc3)C2)C1. The third kappa shape index (κ3) is 2.58. The van der Waals surface area contributed by atoms with E-state index in [-0.39, 0.29) is 0 Å². The molecule has 0 aliphatic carbocycles. The Kier molecular flexibility index (Phi) is 3.64. The van der Waals surface area contributed by atoms with Crippen molar-refractivity contribution in [1.82, 2.24) is 9.80 Å². The summed E-state index contributed by atoms with van der Waals surface area (Å²) in [6.07, 6.45) is 1.17. The van der Waals surface area contributed by atoms with Crippen LogP contribution in [0.15, 0.2) is 30.3 Å². The van der Waals surface area contributed by atoms with Gasteiger partial charge in [-0.1, -0.05) is 30.3 Å². The molecule has 0 saturated carbocycles. The van der Waals surface area contributed by atoms with Gasteiger partial charge >= 0.3 is 0 Å². The molecule has 1 N–H and O–H groups in total. The number of aliphatic hydroxyl groups is 1. The summed E-state index contributed by atoms with van der Waals surface area (Å²) in [5, 5.41) is 9.17. The molecule has 3 nitrogen and oxygen atoms in total. The van der Waals surface area contributed by atoms with E-state index in [2.05, 4.69) is 40.1 Å². The lowest BCUT2D eigenvalue weighted by Crippen LogP contribution is -2.58. The van der Waals surface area contributed by atoms with E-state index in [9.17, 15) is 0 Å². The summed E-state index contributed by atoms with van der Waals surface area (Å²) in [7, 11) is 0. The molecule has 1 unspecified atom stereocenters. The summed E-state index contributed by atoms with van der Waals surface area (Å²) in [6.45, 7) is 6.08. The van der Waals surface area contributed by atoms with Crippen molar-refractivity contribution in [2.24, 2.45) is 5.92 Å². The zero-order valence-corrected chi connectivity index (χ0v) is 10.8. The van der Waals surface area contributed by atoms with Crippen LogP contribution in [-0.2, 0) is 6.54 Å². The van der Waals surface area contributed by atoms with Gasteiger partial charge in [-0.3, -0.25) is 9.80 Å². The van der Waals surface area contributed by atoms with Crippen LogP contribution in [0.3, 0.4) is 0 Å². The third-order valence-electron chi connectivity index (χ3n) is 4.28. The second-order valence-electron chi connectivity index (χ2n) is 5.67. The lowest BCUT2D eigenvalue weighted by Gasteiger charge is -2.44. The van der Waals surface area contributed by atoms with E-state index in [4.69, 9.17) is 5.11 Å². The molecule has 1 aromatic carbocycles. The second-order valence-corrected chi connectivity index (χ2v) is 5.67. The van der Waals surface area contributed by atoms with E-state index >= 15 is 0 Å². The normalized spacial score (nSPS) is 26.4. The smallest absolute Gasteiger partial charge is 0.0471 e. The number of hydrogen-bond acceptors (Lipinski definition) is 3. The fourth-order valence-electron chi connectivity index (χ4n) is 3.09. The Bertz CT molecular complexity index is 375. The van der Waals surface area contributed by atoms with Crippen LogP contribution in [0.5, 0.6) is 0 Å². The average Bonchev–Trinajstić information content (AvgIpc) is 2.83. The van der Waals surface area contributed by atoms with E-state index in [0.29, 0.717) is 12.5 Å². The third-order valence-corrected chi connectivity index (χ3v) is 4.28. The Morgan fingerprint density at radius 2 is 1.89 bits per heavy atom. The predicted octanol–water partition coefficient (Wildman–Crippen LogP) is 1.18. The molecule has 0 spiro atoms. The highest BCUT2D eigenvalue weighted by Gasteiger charge is 2.35. The lowest BCUT2D eigenvalue weighted by molar-refractivity contribution is 0.0385. The van der Waals surface area contributed by atoms with Crippen molar-refractivity contribution in [3.8, 4) is 0 Å². The molecule has 0 radical (unpaired) electrons. The van der Waals surface area contributed by atoms with Crippen LogP contribution >= 0.6 is 0 Å². The van der Waals surface area contributed by atoms with Gasteiger partial charge in [-0.2, -0.15) is 0 Å². The van der Waals surface area contributed by atoms with Gasteiger partial charge in [-0.05, 0) is 24.4 Å². The van der Waals surface area contributed by atoms with Gasteiger partial charge in [0.25, 0.3) is 0 Å². The Labute approximate surface area is 109 Å². The Balaban J connectivity index is 1.44. The molecule has 1 aromatic rings. The molecule has 2 aliphatic rings. The molecule has 2 heterocycles. The Morgan fingerprint density at radius 3 is 2.56 bits per heavy atom. The number of nitrogens with zero attached hydrogens (tertiary/aromatic N) is 2. The lowest BCUT2D eigenvalue weighted by atomic mass is 10.1. The molecule has 2 saturated heterocycles. The van der Waals surface area contributed by atoms with Crippen molar-refractivity contribution in [1.29, 1.82) is 0 Å². The molecule has 2 fully saturated rings. The first-order chi connectivity index (χ1) is 8.85. The van der Waals surface area contributed by atoms with Gasteiger partial charge < -0.3 is 5.11 Å². The topological polar surface area (TPSA) is 26.7 Å². The summed E-state index contributed by atoms with van der Waals surface area (Å²) in [4.78, 5) is 5.06. The highest BCUT2D eigenvalue weighted by atomic mass is 16.3. The van der Waals surface area contributed by atoms with E-state index in [1.165, 1.54) is 31.6 Å². The summed E-state index contributed by atoms with van der Waals surface area (Å²) in [5.74, 6) is 0.521. The maximum Gasteiger partial charge on any atom is 0.0471 e. The zero-order valence-electron chi connectivity index (χ0n) is 10.8. The second kappa shape index (κ2) is 5.39. The van der Waals surface area contributed by atoms with Gasteiger partial charge in [-0.25, -0.2) is 0 Å². The van der Waals surface area contributed by atoms with Gasteiger partial charge in [-0.15, -0.1) is 0 Å². The molecular formula is C15H22N2O. The largest absolute Gasteiger partial charge is 0.396 e. The first kappa shape index (κ1) is 12.2. The molecular weight excluding hydrogens is 224 g/mol. The summed E-state index contributed by atoms with van der Waals surface area (Å²) in [5.41, 5.74) is 1.41. The quantitative estimate of drug-likeness (QED) is 0.864. The fraction of sp³-hybridized carbons (Fsp3) is 0.600. The van der Waals surface area contributed by atoms with E-state index in [0.717, 1.165) is 19.1 Å². The maximum absolute atomic E-state index is 9.17. The minimum Gasteiger partial charge on any atom is -0.396 e. The van der Waals surface area contributed by atoms with Crippen LogP contribution in [0.1, 0.15) is 12.0 Å². The number of aliphatic hydroxyl groups excluding tert-OH is 1. The number of likely N-dealkylation sites (tertiary alicyclic amines) is 2. The molecule has 18 heavy (non-hydrogen) atoms. The Morgan fingerprint density at radius 1 is 1.11 bits per heavy atom. The summed E-state index contributed by atoms with van der Waals surface area (Å²) in [6, 6.07) is 11.4. The minimum atomic E-state index is 0.358.